The van der Waals surface area contributed by atoms with E-state index in [0.717, 1.165) is 12.8 Å². The van der Waals surface area contributed by atoms with Crippen LogP contribution in [-0.2, 0) is 4.74 Å². The number of methoxy groups -OCH3 is 1. The molecule has 1 fully saturated rings. The molecule has 0 aliphatic heterocycles. The first-order chi connectivity index (χ1) is 7.79. The van der Waals surface area contributed by atoms with E-state index < -0.39 is 24.3 Å². The van der Waals surface area contributed by atoms with E-state index in [2.05, 4.69) is 6.92 Å². The molecule has 17 heavy (non-hydrogen) atoms. The number of aliphatic hydroxyl groups is 1. The fraction of sp³-hybridized carbons (Fsp3) is 1.00. The Morgan fingerprint density at radius 2 is 1.88 bits per heavy atom. The lowest BCUT2D eigenvalue weighted by Crippen LogP contribution is -2.47. The predicted octanol–water partition coefficient (Wildman–Crippen LogP) is 3.29. The summed E-state index contributed by atoms with van der Waals surface area (Å²) in [4.78, 5) is 0. The van der Waals surface area contributed by atoms with Crippen LogP contribution in [0.3, 0.4) is 0 Å². The van der Waals surface area contributed by atoms with E-state index in [1.807, 2.05) is 0 Å². The van der Waals surface area contributed by atoms with Gasteiger partial charge in [0, 0.05) is 13.5 Å². The van der Waals surface area contributed by atoms with Crippen LogP contribution in [0.1, 0.15) is 45.4 Å². The van der Waals surface area contributed by atoms with Crippen LogP contribution in [0.25, 0.3) is 0 Å². The molecule has 0 heterocycles. The van der Waals surface area contributed by atoms with Crippen molar-refractivity contribution < 1.29 is 23.0 Å². The number of alkyl halides is 3. The molecule has 0 radical (unpaired) electrons. The van der Waals surface area contributed by atoms with Crippen molar-refractivity contribution in [1.29, 1.82) is 0 Å². The number of hydrogen-bond donors (Lipinski definition) is 1. The third-order valence-electron chi connectivity index (χ3n) is 3.84. The van der Waals surface area contributed by atoms with Crippen LogP contribution in [-0.4, -0.2) is 30.1 Å². The van der Waals surface area contributed by atoms with Gasteiger partial charge in [-0.15, -0.1) is 0 Å². The molecule has 5 heteroatoms. The van der Waals surface area contributed by atoms with Gasteiger partial charge in [-0.2, -0.15) is 13.2 Å². The fourth-order valence-corrected chi connectivity index (χ4v) is 2.49. The Morgan fingerprint density at radius 1 is 1.35 bits per heavy atom. The molecule has 1 unspecified atom stereocenters. The third-order valence-corrected chi connectivity index (χ3v) is 3.84. The van der Waals surface area contributed by atoms with Crippen LogP contribution in [0.5, 0.6) is 0 Å². The van der Waals surface area contributed by atoms with Gasteiger partial charge >= 0.3 is 6.18 Å². The highest BCUT2D eigenvalue weighted by atomic mass is 19.4. The lowest BCUT2D eigenvalue weighted by molar-refractivity contribution is -0.163. The van der Waals surface area contributed by atoms with Crippen molar-refractivity contribution in [1.82, 2.24) is 0 Å². The summed E-state index contributed by atoms with van der Waals surface area (Å²) in [7, 11) is 1.48. The van der Waals surface area contributed by atoms with Crippen LogP contribution < -0.4 is 0 Å². The van der Waals surface area contributed by atoms with Crippen LogP contribution in [0, 0.1) is 5.92 Å². The summed E-state index contributed by atoms with van der Waals surface area (Å²) in [6.45, 7) is 2.11. The highest BCUT2D eigenvalue weighted by molar-refractivity contribution is 4.92. The number of hydrogen-bond acceptors (Lipinski definition) is 2. The monoisotopic (exact) mass is 254 g/mol. The van der Waals surface area contributed by atoms with Gasteiger partial charge in [0.1, 0.15) is 0 Å². The third kappa shape index (κ3) is 4.14. The molecule has 0 amide bonds. The Kier molecular flexibility index (Phi) is 4.84. The van der Waals surface area contributed by atoms with Gasteiger partial charge in [0.15, 0.2) is 0 Å². The van der Waals surface area contributed by atoms with Gasteiger partial charge in [0.25, 0.3) is 0 Å². The Hall–Kier alpha value is -0.290. The van der Waals surface area contributed by atoms with Gasteiger partial charge in [-0.25, -0.2) is 0 Å². The maximum absolute atomic E-state index is 12.1. The van der Waals surface area contributed by atoms with Crippen LogP contribution in [0.2, 0.25) is 0 Å². The van der Waals surface area contributed by atoms with E-state index in [4.69, 9.17) is 4.74 Å². The summed E-state index contributed by atoms with van der Waals surface area (Å²) in [6.07, 6.45) is -3.37. The Bertz CT molecular complexity index is 232. The van der Waals surface area contributed by atoms with Gasteiger partial charge in [-0.1, -0.05) is 6.92 Å². The zero-order valence-corrected chi connectivity index (χ0v) is 10.4. The zero-order chi connectivity index (χ0) is 13.1. The van der Waals surface area contributed by atoms with E-state index >= 15 is 0 Å². The first kappa shape index (κ1) is 14.8. The van der Waals surface area contributed by atoms with E-state index in [1.54, 1.807) is 0 Å². The van der Waals surface area contributed by atoms with Gasteiger partial charge < -0.3 is 9.84 Å². The molecule has 1 saturated carbocycles. The minimum atomic E-state index is -4.21. The highest BCUT2D eigenvalue weighted by Crippen LogP contribution is 2.39. The van der Waals surface area contributed by atoms with Gasteiger partial charge in [-0.3, -0.25) is 0 Å². The molecule has 1 rings (SSSR count). The first-order valence-electron chi connectivity index (χ1n) is 6.09. The molecule has 2 nitrogen and oxygen atoms in total. The molecule has 0 aromatic carbocycles. The average molecular weight is 254 g/mol. The molecule has 1 aliphatic carbocycles. The minimum absolute atomic E-state index is 0.272. The standard InChI is InChI=1S/C12H21F3O2/c1-9-3-6-11(17-2,7-4-9)10(16)5-8-12(13,14)15/h9-10,16H,3-8H2,1-2H3. The van der Waals surface area contributed by atoms with Crippen molar-refractivity contribution in [3.05, 3.63) is 0 Å². The molecule has 102 valence electrons. The molecule has 0 bridgehead atoms. The second kappa shape index (κ2) is 5.57. The summed E-state index contributed by atoms with van der Waals surface area (Å²) in [6, 6.07) is 0. The topological polar surface area (TPSA) is 29.5 Å². The maximum atomic E-state index is 12.1. The van der Waals surface area contributed by atoms with Crippen LogP contribution in [0.15, 0.2) is 0 Å². The molecule has 0 aromatic rings. The Morgan fingerprint density at radius 3 is 2.29 bits per heavy atom. The summed E-state index contributed by atoms with van der Waals surface area (Å²) >= 11 is 0. The van der Waals surface area contributed by atoms with E-state index in [-0.39, 0.29) is 6.42 Å². The van der Waals surface area contributed by atoms with E-state index in [1.165, 1.54) is 7.11 Å². The fourth-order valence-electron chi connectivity index (χ4n) is 2.49. The zero-order valence-electron chi connectivity index (χ0n) is 10.4. The van der Waals surface area contributed by atoms with Crippen LogP contribution in [0.4, 0.5) is 13.2 Å². The highest BCUT2D eigenvalue weighted by Gasteiger charge is 2.42. The quantitative estimate of drug-likeness (QED) is 0.834. The number of ether oxygens (including phenoxy) is 1. The Labute approximate surface area is 100 Å². The molecular formula is C12H21F3O2. The minimum Gasteiger partial charge on any atom is -0.390 e. The predicted molar refractivity (Wildman–Crippen MR) is 58.7 cm³/mol. The number of aliphatic hydroxyl groups excluding tert-OH is 1. The summed E-state index contributed by atoms with van der Waals surface area (Å²) in [5, 5.41) is 9.95. The van der Waals surface area contributed by atoms with Gasteiger partial charge in [0.2, 0.25) is 0 Å². The summed E-state index contributed by atoms with van der Waals surface area (Å²) in [5.74, 6) is 0.563. The van der Waals surface area contributed by atoms with Gasteiger partial charge in [-0.05, 0) is 38.0 Å². The average Bonchev–Trinajstić information content (AvgIpc) is 2.26. The van der Waals surface area contributed by atoms with E-state index in [9.17, 15) is 18.3 Å². The molecule has 1 atom stereocenters. The molecule has 0 saturated heterocycles. The normalized spacial score (nSPS) is 32.5. The van der Waals surface area contributed by atoms with E-state index in [0.29, 0.717) is 18.8 Å². The lowest BCUT2D eigenvalue weighted by Gasteiger charge is -2.41. The number of halogens is 3. The number of rotatable bonds is 4. The molecule has 1 aliphatic rings. The molecule has 0 aromatic heterocycles. The summed E-state index contributed by atoms with van der Waals surface area (Å²) in [5.41, 5.74) is -0.766. The molecular weight excluding hydrogens is 233 g/mol. The Balaban J connectivity index is 2.54. The van der Waals surface area contributed by atoms with Crippen molar-refractivity contribution in [3.63, 3.8) is 0 Å². The van der Waals surface area contributed by atoms with Crippen LogP contribution >= 0.6 is 0 Å². The van der Waals surface area contributed by atoms with Crippen molar-refractivity contribution in [2.45, 2.75) is 63.3 Å². The lowest BCUT2D eigenvalue weighted by atomic mass is 9.75. The smallest absolute Gasteiger partial charge is 0.389 e. The molecule has 1 N–H and O–H groups in total. The SMILES string of the molecule is COC1(C(O)CCC(F)(F)F)CCC(C)CC1. The first-order valence-corrected chi connectivity index (χ1v) is 6.09. The second-order valence-corrected chi connectivity index (χ2v) is 5.12. The largest absolute Gasteiger partial charge is 0.390 e. The van der Waals surface area contributed by atoms with Crippen molar-refractivity contribution in [2.75, 3.05) is 7.11 Å². The van der Waals surface area contributed by atoms with Crippen molar-refractivity contribution >= 4 is 0 Å². The van der Waals surface area contributed by atoms with Crippen molar-refractivity contribution in [3.8, 4) is 0 Å². The second-order valence-electron chi connectivity index (χ2n) is 5.12. The molecule has 0 spiro atoms. The summed E-state index contributed by atoms with van der Waals surface area (Å²) < 4.78 is 41.7. The maximum Gasteiger partial charge on any atom is 0.389 e. The van der Waals surface area contributed by atoms with Gasteiger partial charge in [0.05, 0.1) is 11.7 Å². The van der Waals surface area contributed by atoms with Crippen molar-refractivity contribution in [2.24, 2.45) is 5.92 Å².